The zero-order valence-corrected chi connectivity index (χ0v) is 18.3. The average Bonchev–Trinajstić information content (AvgIpc) is 3.28. The molecule has 0 spiro atoms. The zero-order chi connectivity index (χ0) is 22.7. The van der Waals surface area contributed by atoms with Crippen molar-refractivity contribution in [3.8, 4) is 0 Å². The van der Waals surface area contributed by atoms with Gasteiger partial charge >= 0.3 is 0 Å². The van der Waals surface area contributed by atoms with Crippen LogP contribution in [0, 0.1) is 5.82 Å². The molecule has 2 N–H and O–H groups in total. The molecule has 2 heterocycles. The lowest BCUT2D eigenvalue weighted by molar-refractivity contribution is -0.124. The molecule has 2 aliphatic rings. The Morgan fingerprint density at radius 1 is 1.03 bits per heavy atom. The summed E-state index contributed by atoms with van der Waals surface area (Å²) in [4.78, 5) is 26.9. The fraction of sp³-hybridized carbons (Fsp3) is 0.417. The van der Waals surface area contributed by atoms with Crippen LogP contribution in [0.1, 0.15) is 37.0 Å². The van der Waals surface area contributed by atoms with Crippen molar-refractivity contribution in [1.82, 2.24) is 0 Å². The summed E-state index contributed by atoms with van der Waals surface area (Å²) in [6.45, 7) is 5.73. The minimum absolute atomic E-state index is 0.0190. The van der Waals surface area contributed by atoms with E-state index in [-0.39, 0.29) is 24.0 Å². The minimum Gasteiger partial charge on any atom is -0.372 e. The monoisotopic (exact) mass is 441 g/mol. The molecule has 32 heavy (non-hydrogen) atoms. The highest BCUT2D eigenvalue weighted by Crippen LogP contribution is 2.26. The van der Waals surface area contributed by atoms with E-state index in [9.17, 15) is 14.0 Å². The number of rotatable bonds is 5. The number of hydrogen-bond acceptors (Lipinski definition) is 5. The van der Waals surface area contributed by atoms with Gasteiger partial charge in [0.25, 0.3) is 11.8 Å². The Balaban J connectivity index is 1.41. The molecule has 170 valence electrons. The van der Waals surface area contributed by atoms with Crippen LogP contribution in [0.4, 0.5) is 21.5 Å². The maximum Gasteiger partial charge on any atom is 0.255 e. The Morgan fingerprint density at radius 2 is 1.78 bits per heavy atom. The van der Waals surface area contributed by atoms with E-state index < -0.39 is 11.9 Å². The average molecular weight is 442 g/mol. The Morgan fingerprint density at radius 3 is 2.47 bits per heavy atom. The number of anilines is 3. The lowest BCUT2D eigenvalue weighted by atomic mass is 10.1. The standard InChI is InChI=1S/C24H28FN3O4/c1-15-13-28(14-16(2)32-15)21-9-8-19(12-20(21)25)26-23(29)17-5-3-6-18(11-17)27-24(30)22-7-4-10-31-22/h3,5-6,8-9,11-12,15-16,22H,4,7,10,13-14H2,1-2H3,(H,26,29)(H,27,30). The van der Waals surface area contributed by atoms with Crippen LogP contribution in [0.15, 0.2) is 42.5 Å². The molecule has 0 aromatic heterocycles. The number of amides is 2. The van der Waals surface area contributed by atoms with Gasteiger partial charge in [-0.2, -0.15) is 0 Å². The molecule has 0 bridgehead atoms. The van der Waals surface area contributed by atoms with Gasteiger partial charge in [0.15, 0.2) is 0 Å². The third-order valence-corrected chi connectivity index (χ3v) is 5.58. The molecular weight excluding hydrogens is 413 g/mol. The van der Waals surface area contributed by atoms with Crippen LogP contribution in [0.25, 0.3) is 0 Å². The molecule has 2 aromatic rings. The topological polar surface area (TPSA) is 79.9 Å². The van der Waals surface area contributed by atoms with Crippen LogP contribution in [-0.2, 0) is 14.3 Å². The van der Waals surface area contributed by atoms with Crippen molar-refractivity contribution in [2.24, 2.45) is 0 Å². The van der Waals surface area contributed by atoms with E-state index in [0.29, 0.717) is 48.7 Å². The number of carbonyl (C=O) groups excluding carboxylic acids is 2. The smallest absolute Gasteiger partial charge is 0.255 e. The number of halogens is 1. The van der Waals surface area contributed by atoms with E-state index in [1.54, 1.807) is 36.4 Å². The molecule has 3 atom stereocenters. The summed E-state index contributed by atoms with van der Waals surface area (Å²) in [5.41, 5.74) is 1.72. The van der Waals surface area contributed by atoms with Crippen molar-refractivity contribution in [1.29, 1.82) is 0 Å². The van der Waals surface area contributed by atoms with Gasteiger partial charge in [-0.25, -0.2) is 4.39 Å². The van der Waals surface area contributed by atoms with Crippen LogP contribution < -0.4 is 15.5 Å². The second-order valence-electron chi connectivity index (χ2n) is 8.35. The summed E-state index contributed by atoms with van der Waals surface area (Å²) in [5, 5.41) is 5.51. The number of nitrogens with one attached hydrogen (secondary N) is 2. The first-order valence-corrected chi connectivity index (χ1v) is 10.9. The minimum atomic E-state index is -0.452. The predicted octanol–water partition coefficient (Wildman–Crippen LogP) is 3.81. The summed E-state index contributed by atoms with van der Waals surface area (Å²) in [6.07, 6.45) is 1.14. The fourth-order valence-corrected chi connectivity index (χ4v) is 4.16. The number of carbonyl (C=O) groups is 2. The largest absolute Gasteiger partial charge is 0.372 e. The summed E-state index contributed by atoms with van der Waals surface area (Å²) >= 11 is 0. The first-order valence-electron chi connectivity index (χ1n) is 10.9. The van der Waals surface area contributed by atoms with E-state index >= 15 is 0 Å². The van der Waals surface area contributed by atoms with Crippen molar-refractivity contribution < 1.29 is 23.5 Å². The maximum atomic E-state index is 14.8. The molecule has 0 saturated carbocycles. The summed E-state index contributed by atoms with van der Waals surface area (Å²) in [5.74, 6) is -1.01. The van der Waals surface area contributed by atoms with Gasteiger partial charge in [0, 0.05) is 36.6 Å². The maximum absolute atomic E-state index is 14.8. The molecular formula is C24H28FN3O4. The van der Waals surface area contributed by atoms with Crippen molar-refractivity contribution in [3.05, 3.63) is 53.8 Å². The second kappa shape index (κ2) is 9.67. The first-order chi connectivity index (χ1) is 15.4. The Kier molecular flexibility index (Phi) is 6.72. The van der Waals surface area contributed by atoms with Crippen molar-refractivity contribution in [3.63, 3.8) is 0 Å². The van der Waals surface area contributed by atoms with Gasteiger partial charge in [0.05, 0.1) is 17.9 Å². The summed E-state index contributed by atoms with van der Waals surface area (Å²) < 4.78 is 25.9. The number of hydrogen-bond donors (Lipinski definition) is 2. The third kappa shape index (κ3) is 5.26. The lowest BCUT2D eigenvalue weighted by Gasteiger charge is -2.37. The molecule has 2 aromatic carbocycles. The number of morpholine rings is 1. The molecule has 2 fully saturated rings. The van der Waals surface area contributed by atoms with Gasteiger partial charge in [-0.05, 0) is 63.1 Å². The van der Waals surface area contributed by atoms with E-state index in [1.807, 2.05) is 18.7 Å². The fourth-order valence-electron chi connectivity index (χ4n) is 4.16. The van der Waals surface area contributed by atoms with Crippen LogP contribution in [0.2, 0.25) is 0 Å². The molecule has 0 radical (unpaired) electrons. The summed E-state index contributed by atoms with van der Waals surface area (Å²) in [6, 6.07) is 11.3. The Hall–Kier alpha value is -2.97. The first kappa shape index (κ1) is 22.2. The normalized spacial score (nSPS) is 23.1. The van der Waals surface area contributed by atoms with Crippen LogP contribution >= 0.6 is 0 Å². The SMILES string of the molecule is CC1CN(c2ccc(NC(=O)c3cccc(NC(=O)C4CCCO4)c3)cc2F)CC(C)O1. The van der Waals surface area contributed by atoms with E-state index in [1.165, 1.54) is 6.07 Å². The molecule has 2 saturated heterocycles. The van der Waals surface area contributed by atoms with E-state index in [2.05, 4.69) is 10.6 Å². The second-order valence-corrected chi connectivity index (χ2v) is 8.35. The van der Waals surface area contributed by atoms with Crippen LogP contribution in [0.5, 0.6) is 0 Å². The van der Waals surface area contributed by atoms with E-state index in [4.69, 9.17) is 9.47 Å². The predicted molar refractivity (Wildman–Crippen MR) is 121 cm³/mol. The highest BCUT2D eigenvalue weighted by Gasteiger charge is 2.25. The van der Waals surface area contributed by atoms with Crippen LogP contribution in [0.3, 0.4) is 0 Å². The van der Waals surface area contributed by atoms with E-state index in [0.717, 1.165) is 6.42 Å². The van der Waals surface area contributed by atoms with Gasteiger partial charge < -0.3 is 25.0 Å². The van der Waals surface area contributed by atoms with Crippen molar-refractivity contribution in [2.45, 2.75) is 45.0 Å². The molecule has 2 aliphatic heterocycles. The number of ether oxygens (including phenoxy) is 2. The van der Waals surface area contributed by atoms with Gasteiger partial charge in [0.2, 0.25) is 0 Å². The van der Waals surface area contributed by atoms with Crippen molar-refractivity contribution in [2.75, 3.05) is 35.2 Å². The lowest BCUT2D eigenvalue weighted by Crippen LogP contribution is -2.45. The van der Waals surface area contributed by atoms with Gasteiger partial charge in [-0.15, -0.1) is 0 Å². The third-order valence-electron chi connectivity index (χ3n) is 5.58. The number of benzene rings is 2. The zero-order valence-electron chi connectivity index (χ0n) is 18.3. The molecule has 3 unspecified atom stereocenters. The molecule has 8 heteroatoms. The molecule has 2 amide bonds. The molecule has 4 rings (SSSR count). The van der Waals surface area contributed by atoms with Gasteiger partial charge in [-0.1, -0.05) is 6.07 Å². The Labute approximate surface area is 186 Å². The quantitative estimate of drug-likeness (QED) is 0.738. The van der Waals surface area contributed by atoms with Crippen molar-refractivity contribution >= 4 is 28.9 Å². The Bertz CT molecular complexity index is 983. The summed E-state index contributed by atoms with van der Waals surface area (Å²) in [7, 11) is 0. The highest BCUT2D eigenvalue weighted by atomic mass is 19.1. The highest BCUT2D eigenvalue weighted by molar-refractivity contribution is 6.05. The molecule has 7 nitrogen and oxygen atoms in total. The van der Waals surface area contributed by atoms with Crippen LogP contribution in [-0.4, -0.2) is 49.8 Å². The number of nitrogens with zero attached hydrogens (tertiary/aromatic N) is 1. The van der Waals surface area contributed by atoms with Gasteiger partial charge in [-0.3, -0.25) is 9.59 Å². The molecule has 0 aliphatic carbocycles. The van der Waals surface area contributed by atoms with Gasteiger partial charge in [0.1, 0.15) is 11.9 Å².